The zero-order chi connectivity index (χ0) is 15.5. The Labute approximate surface area is 126 Å². The van der Waals surface area contributed by atoms with Crippen LogP contribution in [0.4, 0.5) is 10.2 Å². The predicted octanol–water partition coefficient (Wildman–Crippen LogP) is 2.58. The molecule has 1 aliphatic rings. The van der Waals surface area contributed by atoms with Gasteiger partial charge in [0.25, 0.3) is 0 Å². The second-order valence-corrected chi connectivity index (χ2v) is 6.77. The highest BCUT2D eigenvalue weighted by atomic mass is 19.1. The van der Waals surface area contributed by atoms with E-state index in [1.165, 1.54) is 0 Å². The second-order valence-electron chi connectivity index (χ2n) is 6.77. The number of aromatic nitrogens is 1. The molecular formula is C16H26FN3O. The molecule has 1 aromatic rings. The van der Waals surface area contributed by atoms with Crippen molar-refractivity contribution in [3.63, 3.8) is 0 Å². The van der Waals surface area contributed by atoms with Gasteiger partial charge in [0.1, 0.15) is 0 Å². The third kappa shape index (κ3) is 4.38. The van der Waals surface area contributed by atoms with Gasteiger partial charge in [-0.3, -0.25) is 0 Å². The first-order valence-electron chi connectivity index (χ1n) is 7.53. The van der Waals surface area contributed by atoms with Crippen molar-refractivity contribution >= 4 is 5.82 Å². The molecule has 21 heavy (non-hydrogen) atoms. The zero-order valence-electron chi connectivity index (χ0n) is 13.4. The number of nitrogens with one attached hydrogen (secondary N) is 1. The Bertz CT molecular complexity index is 473. The van der Waals surface area contributed by atoms with Gasteiger partial charge in [0.05, 0.1) is 6.61 Å². The average molecular weight is 295 g/mol. The highest BCUT2D eigenvalue weighted by molar-refractivity contribution is 5.44. The minimum atomic E-state index is -0.202. The van der Waals surface area contributed by atoms with Gasteiger partial charge >= 0.3 is 0 Å². The van der Waals surface area contributed by atoms with Crippen LogP contribution < -0.4 is 10.2 Å². The molecule has 0 bridgehead atoms. The van der Waals surface area contributed by atoms with Crippen molar-refractivity contribution in [1.82, 2.24) is 10.3 Å². The summed E-state index contributed by atoms with van der Waals surface area (Å²) in [6.45, 7) is 9.11. The van der Waals surface area contributed by atoms with Crippen LogP contribution in [-0.4, -0.2) is 37.3 Å². The van der Waals surface area contributed by atoms with Crippen LogP contribution in [-0.2, 0) is 11.3 Å². The van der Waals surface area contributed by atoms with Crippen LogP contribution in [0.1, 0.15) is 32.8 Å². The van der Waals surface area contributed by atoms with Crippen LogP contribution >= 0.6 is 0 Å². The number of anilines is 1. The highest BCUT2D eigenvalue weighted by Gasteiger charge is 2.26. The van der Waals surface area contributed by atoms with E-state index in [1.807, 2.05) is 4.90 Å². The number of pyridine rings is 1. The molecule has 0 aromatic carbocycles. The lowest BCUT2D eigenvalue weighted by molar-refractivity contribution is 0.161. The monoisotopic (exact) mass is 295 g/mol. The van der Waals surface area contributed by atoms with Crippen molar-refractivity contribution < 1.29 is 9.13 Å². The van der Waals surface area contributed by atoms with Gasteiger partial charge in [-0.15, -0.1) is 0 Å². The van der Waals surface area contributed by atoms with E-state index in [9.17, 15) is 4.39 Å². The fourth-order valence-electron chi connectivity index (χ4n) is 2.59. The third-order valence-corrected chi connectivity index (χ3v) is 3.75. The van der Waals surface area contributed by atoms with Crippen molar-refractivity contribution in [2.75, 3.05) is 31.7 Å². The maximum Gasteiger partial charge on any atom is 0.170 e. The lowest BCUT2D eigenvalue weighted by atomic mass is 10.1. The van der Waals surface area contributed by atoms with E-state index in [1.54, 1.807) is 19.4 Å². The third-order valence-electron chi connectivity index (χ3n) is 3.75. The Kier molecular flexibility index (Phi) is 5.17. The summed E-state index contributed by atoms with van der Waals surface area (Å²) in [5.41, 5.74) is 0.637. The summed E-state index contributed by atoms with van der Waals surface area (Å²) >= 11 is 0. The molecule has 0 radical (unpaired) electrons. The summed E-state index contributed by atoms with van der Waals surface area (Å²) in [4.78, 5) is 6.27. The van der Waals surface area contributed by atoms with Gasteiger partial charge in [0.2, 0.25) is 0 Å². The van der Waals surface area contributed by atoms with E-state index in [2.05, 4.69) is 31.1 Å². The fraction of sp³-hybridized carbons (Fsp3) is 0.688. The lowest BCUT2D eigenvalue weighted by Crippen LogP contribution is -2.35. The van der Waals surface area contributed by atoms with Crippen molar-refractivity contribution in [1.29, 1.82) is 0 Å². The molecule has 2 rings (SSSR count). The number of halogens is 1. The SMILES string of the molecule is COCC1CCN(c2nccc(CNC(C)(C)C)c2F)C1. The van der Waals surface area contributed by atoms with Crippen molar-refractivity contribution in [3.05, 3.63) is 23.6 Å². The predicted molar refractivity (Wildman–Crippen MR) is 83.0 cm³/mol. The van der Waals surface area contributed by atoms with Crippen LogP contribution in [0.3, 0.4) is 0 Å². The zero-order valence-corrected chi connectivity index (χ0v) is 13.4. The van der Waals surface area contributed by atoms with Crippen molar-refractivity contribution in [3.8, 4) is 0 Å². The molecule has 1 N–H and O–H groups in total. The molecule has 1 unspecified atom stereocenters. The molecule has 1 aromatic heterocycles. The molecule has 118 valence electrons. The Morgan fingerprint density at radius 3 is 2.90 bits per heavy atom. The number of hydrogen-bond donors (Lipinski definition) is 1. The number of hydrogen-bond acceptors (Lipinski definition) is 4. The summed E-state index contributed by atoms with van der Waals surface area (Å²) in [5, 5.41) is 3.32. The quantitative estimate of drug-likeness (QED) is 0.906. The largest absolute Gasteiger partial charge is 0.384 e. The molecule has 2 heterocycles. The Hall–Kier alpha value is -1.20. The lowest BCUT2D eigenvalue weighted by Gasteiger charge is -2.22. The number of methoxy groups -OCH3 is 1. The molecule has 1 atom stereocenters. The first-order valence-corrected chi connectivity index (χ1v) is 7.53. The molecule has 4 nitrogen and oxygen atoms in total. The molecule has 1 fully saturated rings. The van der Waals surface area contributed by atoms with E-state index in [4.69, 9.17) is 4.74 Å². The summed E-state index contributed by atoms with van der Waals surface area (Å²) in [6.07, 6.45) is 2.72. The van der Waals surface area contributed by atoms with Crippen LogP contribution in [0, 0.1) is 11.7 Å². The van der Waals surface area contributed by atoms with E-state index in [-0.39, 0.29) is 11.4 Å². The molecule has 1 aliphatic heterocycles. The Morgan fingerprint density at radius 2 is 2.24 bits per heavy atom. The first-order chi connectivity index (χ1) is 9.90. The van der Waals surface area contributed by atoms with E-state index in [0.717, 1.165) is 26.1 Å². The van der Waals surface area contributed by atoms with E-state index >= 15 is 0 Å². The van der Waals surface area contributed by atoms with E-state index in [0.29, 0.717) is 23.8 Å². The highest BCUT2D eigenvalue weighted by Crippen LogP contribution is 2.26. The van der Waals surface area contributed by atoms with Crippen LogP contribution in [0.2, 0.25) is 0 Å². The second kappa shape index (κ2) is 6.71. The molecule has 5 heteroatoms. The molecule has 0 saturated carbocycles. The number of rotatable bonds is 5. The van der Waals surface area contributed by atoms with Gasteiger partial charge in [0.15, 0.2) is 11.6 Å². The van der Waals surface area contributed by atoms with E-state index < -0.39 is 0 Å². The van der Waals surface area contributed by atoms with Crippen LogP contribution in [0.5, 0.6) is 0 Å². The van der Waals surface area contributed by atoms with Gasteiger partial charge in [-0.2, -0.15) is 0 Å². The minimum absolute atomic E-state index is 0.0346. The van der Waals surface area contributed by atoms with Gasteiger partial charge in [-0.1, -0.05) is 0 Å². The maximum atomic E-state index is 14.6. The number of nitrogens with zero attached hydrogens (tertiary/aromatic N) is 2. The first kappa shape index (κ1) is 16.2. The average Bonchev–Trinajstić information content (AvgIpc) is 2.85. The molecule has 0 spiro atoms. The smallest absolute Gasteiger partial charge is 0.170 e. The summed E-state index contributed by atoms with van der Waals surface area (Å²) in [5.74, 6) is 0.738. The molecule has 0 amide bonds. The van der Waals surface area contributed by atoms with Crippen molar-refractivity contribution in [2.45, 2.75) is 39.3 Å². The molecule has 1 saturated heterocycles. The van der Waals surface area contributed by atoms with Crippen LogP contribution in [0.15, 0.2) is 12.3 Å². The summed E-state index contributed by atoms with van der Waals surface area (Å²) < 4.78 is 19.8. The summed E-state index contributed by atoms with van der Waals surface area (Å²) in [7, 11) is 1.71. The molecule has 0 aliphatic carbocycles. The fourth-order valence-corrected chi connectivity index (χ4v) is 2.59. The van der Waals surface area contributed by atoms with Gasteiger partial charge in [0, 0.05) is 50.0 Å². The van der Waals surface area contributed by atoms with Gasteiger partial charge in [-0.05, 0) is 33.3 Å². The maximum absolute atomic E-state index is 14.6. The standard InChI is InChI=1S/C16H26FN3O/c1-16(2,3)19-9-13-5-7-18-15(14(13)17)20-8-6-12(10-20)11-21-4/h5,7,12,19H,6,8-11H2,1-4H3. The van der Waals surface area contributed by atoms with Gasteiger partial charge < -0.3 is 15.0 Å². The Morgan fingerprint density at radius 1 is 1.48 bits per heavy atom. The summed E-state index contributed by atoms with van der Waals surface area (Å²) in [6, 6.07) is 1.75. The van der Waals surface area contributed by atoms with Crippen LogP contribution in [0.25, 0.3) is 0 Å². The topological polar surface area (TPSA) is 37.4 Å². The van der Waals surface area contributed by atoms with Crippen molar-refractivity contribution in [2.24, 2.45) is 5.92 Å². The Balaban J connectivity index is 2.07. The number of ether oxygens (including phenoxy) is 1. The normalized spacial score (nSPS) is 19.3. The minimum Gasteiger partial charge on any atom is -0.384 e. The molecular weight excluding hydrogens is 269 g/mol. The van der Waals surface area contributed by atoms with Gasteiger partial charge in [-0.25, -0.2) is 9.37 Å².